The third kappa shape index (κ3) is 4.58. The van der Waals surface area contributed by atoms with Gasteiger partial charge in [-0.05, 0) is 24.3 Å². The van der Waals surface area contributed by atoms with Crippen LogP contribution in [0.4, 0.5) is 18.9 Å². The molecule has 0 radical (unpaired) electrons. The fourth-order valence-electron chi connectivity index (χ4n) is 1.23. The zero-order chi connectivity index (χ0) is 13.8. The van der Waals surface area contributed by atoms with Gasteiger partial charge in [0.05, 0.1) is 0 Å². The highest BCUT2D eigenvalue weighted by atomic mass is 32.2. The van der Waals surface area contributed by atoms with Crippen molar-refractivity contribution in [3.05, 3.63) is 24.3 Å². The van der Waals surface area contributed by atoms with Crippen molar-refractivity contribution in [2.75, 3.05) is 11.9 Å². The first kappa shape index (κ1) is 14.8. The molecule has 1 aromatic carbocycles. The Morgan fingerprint density at radius 3 is 2.33 bits per heavy atom. The molecule has 0 aromatic heterocycles. The Morgan fingerprint density at radius 2 is 1.94 bits per heavy atom. The maximum atomic E-state index is 12.5. The minimum Gasteiger partial charge on any atom is -0.329 e. The Hall–Kier alpha value is -1.21. The molecule has 3 nitrogen and oxygen atoms in total. The van der Waals surface area contributed by atoms with Crippen LogP contribution in [0.15, 0.2) is 29.2 Å². The molecule has 0 saturated heterocycles. The third-order valence-electron chi connectivity index (χ3n) is 2.03. The summed E-state index contributed by atoms with van der Waals surface area (Å²) in [6, 6.07) is 6.13. The fourth-order valence-corrected chi connectivity index (χ4v) is 2.08. The Kier molecular flexibility index (Phi) is 5.03. The van der Waals surface area contributed by atoms with Crippen LogP contribution < -0.4 is 11.1 Å². The van der Waals surface area contributed by atoms with Crippen LogP contribution in [0.5, 0.6) is 0 Å². The number of carbonyl (C=O) groups is 1. The van der Waals surface area contributed by atoms with E-state index in [1.165, 1.54) is 19.1 Å². The first-order chi connectivity index (χ1) is 8.32. The lowest BCUT2D eigenvalue weighted by Gasteiger charge is -2.17. The fraction of sp³-hybridized carbons (Fsp3) is 0.364. The number of halogens is 3. The highest BCUT2D eigenvalue weighted by molar-refractivity contribution is 8.00. The van der Waals surface area contributed by atoms with Crippen molar-refractivity contribution in [1.82, 2.24) is 0 Å². The van der Waals surface area contributed by atoms with E-state index in [9.17, 15) is 18.0 Å². The summed E-state index contributed by atoms with van der Waals surface area (Å²) >= 11 is 0.661. The summed E-state index contributed by atoms with van der Waals surface area (Å²) in [6.45, 7) is 0.887. The van der Waals surface area contributed by atoms with Crippen molar-refractivity contribution in [2.24, 2.45) is 5.73 Å². The molecule has 1 unspecified atom stereocenters. The number of nitrogens with two attached hydrogens (primary N) is 1. The van der Waals surface area contributed by atoms with Crippen LogP contribution >= 0.6 is 11.8 Å². The topological polar surface area (TPSA) is 55.1 Å². The molecule has 0 aliphatic heterocycles. The molecule has 0 aliphatic carbocycles. The van der Waals surface area contributed by atoms with E-state index in [0.29, 0.717) is 22.3 Å². The van der Waals surface area contributed by atoms with Gasteiger partial charge in [0.1, 0.15) is 5.25 Å². The van der Waals surface area contributed by atoms with E-state index in [1.54, 1.807) is 12.1 Å². The molecule has 18 heavy (non-hydrogen) atoms. The molecule has 1 aromatic rings. The number of thioether (sulfide) groups is 1. The standard InChI is InChI=1S/C11H13F3N2OS/c1-7(17)16-8-2-4-9(5-3-8)18-10(6-15)11(12,13)14/h2-5,10H,6,15H2,1H3,(H,16,17). The highest BCUT2D eigenvalue weighted by Crippen LogP contribution is 2.34. The Labute approximate surface area is 107 Å². The molecule has 0 spiro atoms. The second-order valence-electron chi connectivity index (χ2n) is 3.59. The minimum atomic E-state index is -4.32. The molecule has 0 bridgehead atoms. The summed E-state index contributed by atoms with van der Waals surface area (Å²) in [5.41, 5.74) is 5.65. The lowest BCUT2D eigenvalue weighted by atomic mass is 10.3. The summed E-state index contributed by atoms with van der Waals surface area (Å²) in [6.07, 6.45) is -4.32. The lowest BCUT2D eigenvalue weighted by Crippen LogP contribution is -2.32. The van der Waals surface area contributed by atoms with Crippen LogP contribution in [0.25, 0.3) is 0 Å². The monoisotopic (exact) mass is 278 g/mol. The molecule has 0 saturated carbocycles. The number of benzene rings is 1. The Bertz CT molecular complexity index is 406. The number of hydrogen-bond acceptors (Lipinski definition) is 3. The molecule has 0 fully saturated rings. The van der Waals surface area contributed by atoms with Gasteiger partial charge in [0.15, 0.2) is 0 Å². The second-order valence-corrected chi connectivity index (χ2v) is 4.87. The summed E-state index contributed by atoms with van der Waals surface area (Å²) in [7, 11) is 0. The molecule has 0 aliphatic rings. The zero-order valence-corrected chi connectivity index (χ0v) is 10.4. The van der Waals surface area contributed by atoms with Crippen molar-refractivity contribution in [3.8, 4) is 0 Å². The van der Waals surface area contributed by atoms with Gasteiger partial charge in [-0.15, -0.1) is 11.8 Å². The van der Waals surface area contributed by atoms with Crippen molar-refractivity contribution >= 4 is 23.4 Å². The number of alkyl halides is 3. The zero-order valence-electron chi connectivity index (χ0n) is 9.62. The molecule has 1 atom stereocenters. The molecule has 0 heterocycles. The average molecular weight is 278 g/mol. The quantitative estimate of drug-likeness (QED) is 0.832. The van der Waals surface area contributed by atoms with Gasteiger partial charge in [-0.1, -0.05) is 0 Å². The van der Waals surface area contributed by atoms with Crippen molar-refractivity contribution in [1.29, 1.82) is 0 Å². The van der Waals surface area contributed by atoms with Crippen LogP contribution in [0, 0.1) is 0 Å². The number of amides is 1. The predicted molar refractivity (Wildman–Crippen MR) is 65.5 cm³/mol. The summed E-state index contributed by atoms with van der Waals surface area (Å²) < 4.78 is 37.5. The number of nitrogens with one attached hydrogen (secondary N) is 1. The third-order valence-corrected chi connectivity index (χ3v) is 3.32. The largest absolute Gasteiger partial charge is 0.402 e. The van der Waals surface area contributed by atoms with Gasteiger partial charge in [0.25, 0.3) is 0 Å². The van der Waals surface area contributed by atoms with Crippen molar-refractivity contribution in [3.63, 3.8) is 0 Å². The van der Waals surface area contributed by atoms with Gasteiger partial charge in [-0.3, -0.25) is 4.79 Å². The number of carbonyl (C=O) groups excluding carboxylic acids is 1. The van der Waals surface area contributed by atoms with E-state index >= 15 is 0 Å². The first-order valence-electron chi connectivity index (χ1n) is 5.14. The number of hydrogen-bond donors (Lipinski definition) is 2. The minimum absolute atomic E-state index is 0.231. The SMILES string of the molecule is CC(=O)Nc1ccc(SC(CN)C(F)(F)F)cc1. The van der Waals surface area contributed by atoms with Crippen molar-refractivity contribution < 1.29 is 18.0 Å². The Balaban J connectivity index is 2.71. The predicted octanol–water partition coefficient (Wildman–Crippen LogP) is 2.63. The maximum absolute atomic E-state index is 12.5. The van der Waals surface area contributed by atoms with Crippen LogP contribution in [0.3, 0.4) is 0 Å². The first-order valence-corrected chi connectivity index (χ1v) is 6.02. The van der Waals surface area contributed by atoms with Gasteiger partial charge in [-0.25, -0.2) is 0 Å². The normalized spacial score (nSPS) is 13.2. The molecule has 100 valence electrons. The van der Waals surface area contributed by atoms with Gasteiger partial charge in [0.2, 0.25) is 5.91 Å². The lowest BCUT2D eigenvalue weighted by molar-refractivity contribution is -0.126. The summed E-state index contributed by atoms with van der Waals surface area (Å²) in [5.74, 6) is -0.231. The van der Waals surface area contributed by atoms with E-state index in [-0.39, 0.29) is 5.91 Å². The highest BCUT2D eigenvalue weighted by Gasteiger charge is 2.39. The van der Waals surface area contributed by atoms with E-state index in [2.05, 4.69) is 5.32 Å². The van der Waals surface area contributed by atoms with Crippen LogP contribution in [0.1, 0.15) is 6.92 Å². The molecule has 1 amide bonds. The maximum Gasteiger partial charge on any atom is 0.402 e. The molecule has 3 N–H and O–H groups in total. The van der Waals surface area contributed by atoms with Gasteiger partial charge >= 0.3 is 6.18 Å². The van der Waals surface area contributed by atoms with E-state index in [4.69, 9.17) is 5.73 Å². The smallest absolute Gasteiger partial charge is 0.329 e. The second kappa shape index (κ2) is 6.10. The molecular weight excluding hydrogens is 265 g/mol. The van der Waals surface area contributed by atoms with Gasteiger partial charge < -0.3 is 11.1 Å². The van der Waals surface area contributed by atoms with E-state index < -0.39 is 18.0 Å². The summed E-state index contributed by atoms with van der Waals surface area (Å²) in [4.78, 5) is 11.2. The van der Waals surface area contributed by atoms with E-state index in [1.807, 2.05) is 0 Å². The number of anilines is 1. The molecular formula is C11H13F3N2OS. The number of rotatable bonds is 4. The van der Waals surface area contributed by atoms with Crippen molar-refractivity contribution in [2.45, 2.75) is 23.2 Å². The van der Waals surface area contributed by atoms with Crippen LogP contribution in [-0.4, -0.2) is 23.9 Å². The average Bonchev–Trinajstić information content (AvgIpc) is 2.25. The summed E-state index contributed by atoms with van der Waals surface area (Å²) in [5, 5.41) is 0.913. The molecule has 1 rings (SSSR count). The Morgan fingerprint density at radius 1 is 1.39 bits per heavy atom. The van der Waals surface area contributed by atoms with Crippen LogP contribution in [-0.2, 0) is 4.79 Å². The van der Waals surface area contributed by atoms with Gasteiger partial charge in [-0.2, -0.15) is 13.2 Å². The van der Waals surface area contributed by atoms with E-state index in [0.717, 1.165) is 0 Å². The van der Waals surface area contributed by atoms with Gasteiger partial charge in [0, 0.05) is 24.1 Å². The van der Waals surface area contributed by atoms with Crippen LogP contribution in [0.2, 0.25) is 0 Å². The molecule has 7 heteroatoms.